The Balaban J connectivity index is 2.21. The highest BCUT2D eigenvalue weighted by atomic mass is 19.4. The molecule has 1 saturated carbocycles. The largest absolute Gasteiger partial charge is 0.487 e. The topological polar surface area (TPSA) is 55.5 Å². The van der Waals surface area contributed by atoms with Gasteiger partial charge in [0.05, 0.1) is 0 Å². The zero-order valence-electron chi connectivity index (χ0n) is 11.7. The summed E-state index contributed by atoms with van der Waals surface area (Å²) in [6, 6.07) is 8.70. The van der Waals surface area contributed by atoms with Crippen molar-refractivity contribution in [2.24, 2.45) is 5.73 Å². The van der Waals surface area contributed by atoms with Crippen molar-refractivity contribution < 1.29 is 23.0 Å². The normalized spacial score (nSPS) is 21.6. The van der Waals surface area contributed by atoms with Gasteiger partial charge in [-0.05, 0) is 37.8 Å². The molecule has 1 aliphatic rings. The van der Waals surface area contributed by atoms with Gasteiger partial charge in [0.25, 0.3) is 0 Å². The molecule has 3 N–H and O–H groups in total. The molecule has 1 aromatic carbocycles. The molecule has 0 saturated heterocycles. The van der Waals surface area contributed by atoms with E-state index in [1.807, 2.05) is 0 Å². The zero-order valence-corrected chi connectivity index (χ0v) is 11.7. The first-order valence-electron chi connectivity index (χ1n) is 7.06. The van der Waals surface area contributed by atoms with Crippen LogP contribution in [0.2, 0.25) is 0 Å². The Morgan fingerprint density at radius 1 is 1.10 bits per heavy atom. The summed E-state index contributed by atoms with van der Waals surface area (Å²) in [7, 11) is 0. The van der Waals surface area contributed by atoms with E-state index in [1.165, 1.54) is 0 Å². The standard InChI is InChI=1S/C15H20F3NO2/c16-15(17,18)14(19,20)11-13(9-5-2-6-10-13)21-12-7-3-1-4-8-12/h1,3-4,7-8,20H,2,5-6,9-11,19H2. The van der Waals surface area contributed by atoms with Crippen molar-refractivity contribution in [1.82, 2.24) is 0 Å². The fourth-order valence-electron chi connectivity index (χ4n) is 2.84. The molecular formula is C15H20F3NO2. The Labute approximate surface area is 121 Å². The Morgan fingerprint density at radius 3 is 2.19 bits per heavy atom. The molecule has 1 atom stereocenters. The van der Waals surface area contributed by atoms with Crippen LogP contribution >= 0.6 is 0 Å². The van der Waals surface area contributed by atoms with Crippen molar-refractivity contribution >= 4 is 0 Å². The summed E-state index contributed by atoms with van der Waals surface area (Å²) in [5.74, 6) is 0.498. The van der Waals surface area contributed by atoms with Gasteiger partial charge in [0, 0.05) is 6.42 Å². The van der Waals surface area contributed by atoms with Gasteiger partial charge in [-0.25, -0.2) is 0 Å². The molecule has 2 rings (SSSR count). The molecule has 0 amide bonds. The van der Waals surface area contributed by atoms with Crippen LogP contribution in [0.3, 0.4) is 0 Å². The van der Waals surface area contributed by atoms with Gasteiger partial charge in [0.1, 0.15) is 11.4 Å². The van der Waals surface area contributed by atoms with E-state index in [4.69, 9.17) is 10.5 Å². The molecule has 0 heterocycles. The number of ether oxygens (including phenoxy) is 1. The number of aliphatic hydroxyl groups is 1. The van der Waals surface area contributed by atoms with Gasteiger partial charge in [-0.1, -0.05) is 24.6 Å². The summed E-state index contributed by atoms with van der Waals surface area (Å²) < 4.78 is 44.4. The Kier molecular flexibility index (Phi) is 4.49. The van der Waals surface area contributed by atoms with Crippen LogP contribution in [0.25, 0.3) is 0 Å². The monoisotopic (exact) mass is 303 g/mol. The summed E-state index contributed by atoms with van der Waals surface area (Å²) in [6.07, 6.45) is -2.14. The van der Waals surface area contributed by atoms with E-state index in [1.54, 1.807) is 30.3 Å². The fraction of sp³-hybridized carbons (Fsp3) is 0.600. The third-order valence-electron chi connectivity index (χ3n) is 3.92. The minimum atomic E-state index is -4.88. The highest BCUT2D eigenvalue weighted by Crippen LogP contribution is 2.41. The van der Waals surface area contributed by atoms with Crippen molar-refractivity contribution in [2.75, 3.05) is 0 Å². The first kappa shape index (κ1) is 16.1. The molecule has 1 unspecified atom stereocenters. The minimum Gasteiger partial charge on any atom is -0.487 e. The van der Waals surface area contributed by atoms with Crippen molar-refractivity contribution in [1.29, 1.82) is 0 Å². The second kappa shape index (κ2) is 5.85. The van der Waals surface area contributed by atoms with Gasteiger partial charge in [0.15, 0.2) is 0 Å². The molecule has 118 valence electrons. The highest BCUT2D eigenvalue weighted by molar-refractivity contribution is 5.22. The fourth-order valence-corrected chi connectivity index (χ4v) is 2.84. The van der Waals surface area contributed by atoms with Crippen molar-refractivity contribution in [2.45, 2.75) is 56.0 Å². The second-order valence-corrected chi connectivity index (χ2v) is 5.76. The summed E-state index contributed by atoms with van der Waals surface area (Å²) in [5, 5.41) is 9.62. The van der Waals surface area contributed by atoms with Crippen LogP contribution in [0.5, 0.6) is 5.75 Å². The van der Waals surface area contributed by atoms with Crippen LogP contribution < -0.4 is 10.5 Å². The summed E-state index contributed by atoms with van der Waals surface area (Å²) in [6.45, 7) is 0. The Bertz CT molecular complexity index is 454. The van der Waals surface area contributed by atoms with Crippen molar-refractivity contribution in [3.63, 3.8) is 0 Å². The summed E-state index contributed by atoms with van der Waals surface area (Å²) >= 11 is 0. The lowest BCUT2D eigenvalue weighted by Crippen LogP contribution is -2.59. The highest BCUT2D eigenvalue weighted by Gasteiger charge is 2.56. The summed E-state index contributed by atoms with van der Waals surface area (Å²) in [4.78, 5) is 0. The van der Waals surface area contributed by atoms with E-state index < -0.39 is 23.9 Å². The quantitative estimate of drug-likeness (QED) is 0.839. The van der Waals surface area contributed by atoms with Gasteiger partial charge >= 0.3 is 6.18 Å². The maximum absolute atomic E-state index is 12.9. The van der Waals surface area contributed by atoms with Gasteiger partial charge in [-0.3, -0.25) is 5.73 Å². The predicted octanol–water partition coefficient (Wildman–Crippen LogP) is 3.37. The number of nitrogens with two attached hydrogens (primary N) is 1. The number of para-hydroxylation sites is 1. The molecule has 0 spiro atoms. The lowest BCUT2D eigenvalue weighted by molar-refractivity contribution is -0.273. The molecule has 0 radical (unpaired) electrons. The van der Waals surface area contributed by atoms with E-state index in [0.717, 1.165) is 19.3 Å². The lowest BCUT2D eigenvalue weighted by Gasteiger charge is -2.42. The maximum atomic E-state index is 12.9. The van der Waals surface area contributed by atoms with E-state index in [9.17, 15) is 18.3 Å². The number of halogens is 3. The van der Waals surface area contributed by atoms with E-state index >= 15 is 0 Å². The van der Waals surface area contributed by atoms with Gasteiger partial charge in [-0.2, -0.15) is 13.2 Å². The molecule has 0 bridgehead atoms. The smallest absolute Gasteiger partial charge is 0.430 e. The van der Waals surface area contributed by atoms with Crippen molar-refractivity contribution in [3.05, 3.63) is 30.3 Å². The number of rotatable bonds is 4. The van der Waals surface area contributed by atoms with Crippen LogP contribution in [0, 0.1) is 0 Å². The van der Waals surface area contributed by atoms with Gasteiger partial charge < -0.3 is 9.84 Å². The molecule has 0 aliphatic heterocycles. The third-order valence-corrected chi connectivity index (χ3v) is 3.92. The Hall–Kier alpha value is -1.27. The van der Waals surface area contributed by atoms with Gasteiger partial charge in [-0.15, -0.1) is 0 Å². The van der Waals surface area contributed by atoms with Crippen LogP contribution in [-0.2, 0) is 0 Å². The lowest BCUT2D eigenvalue weighted by atomic mass is 9.79. The number of hydrogen-bond acceptors (Lipinski definition) is 3. The molecule has 1 aliphatic carbocycles. The van der Waals surface area contributed by atoms with Crippen LogP contribution in [0.15, 0.2) is 30.3 Å². The molecular weight excluding hydrogens is 283 g/mol. The van der Waals surface area contributed by atoms with Crippen molar-refractivity contribution in [3.8, 4) is 5.75 Å². The van der Waals surface area contributed by atoms with Crippen LogP contribution in [0.1, 0.15) is 38.5 Å². The van der Waals surface area contributed by atoms with Crippen LogP contribution in [-0.4, -0.2) is 22.6 Å². The summed E-state index contributed by atoms with van der Waals surface area (Å²) in [5.41, 5.74) is 0.806. The number of alkyl halides is 3. The average Bonchev–Trinajstić information content (AvgIpc) is 2.38. The van der Waals surface area contributed by atoms with Gasteiger partial charge in [0.2, 0.25) is 5.72 Å². The van der Waals surface area contributed by atoms with Crippen LogP contribution in [0.4, 0.5) is 13.2 Å². The molecule has 0 aromatic heterocycles. The molecule has 1 fully saturated rings. The first-order chi connectivity index (χ1) is 9.74. The maximum Gasteiger partial charge on any atom is 0.430 e. The predicted molar refractivity (Wildman–Crippen MR) is 72.7 cm³/mol. The van der Waals surface area contributed by atoms with E-state index in [-0.39, 0.29) is 0 Å². The SMILES string of the molecule is NC(O)(CC1(Oc2ccccc2)CCCCC1)C(F)(F)F. The number of benzene rings is 1. The average molecular weight is 303 g/mol. The molecule has 3 nitrogen and oxygen atoms in total. The second-order valence-electron chi connectivity index (χ2n) is 5.76. The van der Waals surface area contributed by atoms with E-state index in [2.05, 4.69) is 0 Å². The number of hydrogen-bond donors (Lipinski definition) is 2. The molecule has 21 heavy (non-hydrogen) atoms. The first-order valence-corrected chi connectivity index (χ1v) is 7.06. The molecule has 1 aromatic rings. The van der Waals surface area contributed by atoms with E-state index in [0.29, 0.717) is 18.6 Å². The minimum absolute atomic E-state index is 0.456. The Morgan fingerprint density at radius 2 is 1.67 bits per heavy atom. The zero-order chi connectivity index (χ0) is 15.6. The third kappa shape index (κ3) is 3.89. The molecule has 6 heteroatoms.